The van der Waals surface area contributed by atoms with E-state index < -0.39 is 0 Å². The number of aromatic amines is 1. The van der Waals surface area contributed by atoms with Crippen LogP contribution in [0, 0.1) is 0 Å². The smallest absolute Gasteiger partial charge is 0.248 e. The van der Waals surface area contributed by atoms with Crippen LogP contribution in [0.3, 0.4) is 0 Å². The van der Waals surface area contributed by atoms with Crippen LogP contribution in [-0.2, 0) is 13.0 Å². The first-order valence-electron chi connectivity index (χ1n) is 5.23. The Hall–Kier alpha value is -1.09. The third-order valence-electron chi connectivity index (χ3n) is 2.71. The molecule has 0 atom stereocenters. The molecule has 0 spiro atoms. The molecule has 0 unspecified atom stereocenters. The van der Waals surface area contributed by atoms with Crippen LogP contribution in [0.1, 0.15) is 24.6 Å². The van der Waals surface area contributed by atoms with Gasteiger partial charge in [0.1, 0.15) is 0 Å². The van der Waals surface area contributed by atoms with Crippen LogP contribution in [-0.4, -0.2) is 23.0 Å². The van der Waals surface area contributed by atoms with E-state index in [2.05, 4.69) is 16.8 Å². The summed E-state index contributed by atoms with van der Waals surface area (Å²) in [5.41, 5.74) is 2.43. The molecule has 0 saturated heterocycles. The molecule has 0 radical (unpaired) electrons. The normalized spacial score (nSPS) is 16.6. The zero-order valence-electron chi connectivity index (χ0n) is 8.55. The number of hydrogen-bond acceptors (Lipinski definition) is 2. The Bertz CT molecular complexity index is 370. The maximum absolute atomic E-state index is 11.1. The van der Waals surface area contributed by atoms with Crippen molar-refractivity contribution in [1.82, 2.24) is 9.88 Å². The molecular formula is C11H16N2O. The van der Waals surface area contributed by atoms with E-state index in [1.807, 2.05) is 6.07 Å². The average molecular weight is 192 g/mol. The van der Waals surface area contributed by atoms with E-state index >= 15 is 0 Å². The Morgan fingerprint density at radius 1 is 1.50 bits per heavy atom. The maximum Gasteiger partial charge on any atom is 0.248 e. The lowest BCUT2D eigenvalue weighted by Crippen LogP contribution is -2.32. The fourth-order valence-electron chi connectivity index (χ4n) is 2.02. The van der Waals surface area contributed by atoms with Crippen molar-refractivity contribution >= 4 is 0 Å². The zero-order chi connectivity index (χ0) is 9.97. The van der Waals surface area contributed by atoms with Gasteiger partial charge in [0, 0.05) is 31.3 Å². The Morgan fingerprint density at radius 3 is 3.14 bits per heavy atom. The van der Waals surface area contributed by atoms with Gasteiger partial charge in [-0.1, -0.05) is 13.0 Å². The van der Waals surface area contributed by atoms with Gasteiger partial charge < -0.3 is 4.98 Å². The first kappa shape index (κ1) is 9.46. The minimum atomic E-state index is 0.0210. The SMILES string of the molecule is CCCN1CCc2[nH]c(=O)ccc2C1. The minimum absolute atomic E-state index is 0.0210. The van der Waals surface area contributed by atoms with Gasteiger partial charge in [-0.25, -0.2) is 0 Å². The first-order valence-corrected chi connectivity index (χ1v) is 5.23. The van der Waals surface area contributed by atoms with Crippen molar-refractivity contribution in [3.8, 4) is 0 Å². The molecule has 76 valence electrons. The van der Waals surface area contributed by atoms with Crippen molar-refractivity contribution < 1.29 is 0 Å². The van der Waals surface area contributed by atoms with E-state index in [1.54, 1.807) is 6.07 Å². The van der Waals surface area contributed by atoms with Gasteiger partial charge in [-0.05, 0) is 18.5 Å². The highest BCUT2D eigenvalue weighted by molar-refractivity contribution is 5.22. The monoisotopic (exact) mass is 192 g/mol. The molecule has 1 aromatic heterocycles. The van der Waals surface area contributed by atoms with Gasteiger partial charge in [-0.15, -0.1) is 0 Å². The van der Waals surface area contributed by atoms with Gasteiger partial charge >= 0.3 is 0 Å². The molecule has 2 rings (SSSR count). The molecule has 0 bridgehead atoms. The molecule has 0 aromatic carbocycles. The summed E-state index contributed by atoms with van der Waals surface area (Å²) in [5, 5.41) is 0. The summed E-state index contributed by atoms with van der Waals surface area (Å²) in [6, 6.07) is 3.57. The van der Waals surface area contributed by atoms with Crippen LogP contribution in [0.25, 0.3) is 0 Å². The second-order valence-electron chi connectivity index (χ2n) is 3.85. The van der Waals surface area contributed by atoms with Crippen molar-refractivity contribution in [2.75, 3.05) is 13.1 Å². The van der Waals surface area contributed by atoms with Gasteiger partial charge in [-0.2, -0.15) is 0 Å². The summed E-state index contributed by atoms with van der Waals surface area (Å²) in [6.07, 6.45) is 2.17. The molecule has 1 aliphatic heterocycles. The number of aromatic nitrogens is 1. The van der Waals surface area contributed by atoms with Gasteiger partial charge in [-0.3, -0.25) is 9.69 Å². The number of H-pyrrole nitrogens is 1. The number of pyridine rings is 1. The molecular weight excluding hydrogens is 176 g/mol. The lowest BCUT2D eigenvalue weighted by molar-refractivity contribution is 0.252. The van der Waals surface area contributed by atoms with Crippen LogP contribution in [0.15, 0.2) is 16.9 Å². The Labute approximate surface area is 83.8 Å². The van der Waals surface area contributed by atoms with Crippen LogP contribution in [0.5, 0.6) is 0 Å². The Kier molecular flexibility index (Phi) is 2.68. The van der Waals surface area contributed by atoms with Gasteiger partial charge in [0.2, 0.25) is 5.56 Å². The highest BCUT2D eigenvalue weighted by Crippen LogP contribution is 2.14. The van der Waals surface area contributed by atoms with E-state index in [9.17, 15) is 4.79 Å². The molecule has 0 amide bonds. The molecule has 0 fully saturated rings. The molecule has 3 nitrogen and oxygen atoms in total. The fourth-order valence-corrected chi connectivity index (χ4v) is 2.02. The molecule has 0 aliphatic carbocycles. The maximum atomic E-state index is 11.1. The third-order valence-corrected chi connectivity index (χ3v) is 2.71. The molecule has 1 N–H and O–H groups in total. The van der Waals surface area contributed by atoms with E-state index in [0.29, 0.717) is 0 Å². The van der Waals surface area contributed by atoms with Crippen molar-refractivity contribution in [2.24, 2.45) is 0 Å². The summed E-state index contributed by atoms with van der Waals surface area (Å²) in [7, 11) is 0. The van der Waals surface area contributed by atoms with Gasteiger partial charge in [0.25, 0.3) is 0 Å². The number of rotatable bonds is 2. The second-order valence-corrected chi connectivity index (χ2v) is 3.85. The summed E-state index contributed by atoms with van der Waals surface area (Å²) in [6.45, 7) is 5.40. The summed E-state index contributed by atoms with van der Waals surface area (Å²) in [5.74, 6) is 0. The summed E-state index contributed by atoms with van der Waals surface area (Å²) in [4.78, 5) is 16.4. The number of nitrogens with zero attached hydrogens (tertiary/aromatic N) is 1. The predicted molar refractivity (Wildman–Crippen MR) is 56.3 cm³/mol. The number of nitrogens with one attached hydrogen (secondary N) is 1. The van der Waals surface area contributed by atoms with Crippen molar-refractivity contribution in [1.29, 1.82) is 0 Å². The standard InChI is InChI=1S/C11H16N2O/c1-2-6-13-7-5-10-9(8-13)3-4-11(14)12-10/h3-4H,2,5-8H2,1H3,(H,12,14). The Morgan fingerprint density at radius 2 is 2.36 bits per heavy atom. The lowest BCUT2D eigenvalue weighted by atomic mass is 10.1. The van der Waals surface area contributed by atoms with Gasteiger partial charge in [0.05, 0.1) is 0 Å². The topological polar surface area (TPSA) is 36.1 Å². The zero-order valence-corrected chi connectivity index (χ0v) is 8.55. The fraction of sp³-hybridized carbons (Fsp3) is 0.545. The number of fused-ring (bicyclic) bond motifs is 1. The lowest BCUT2D eigenvalue weighted by Gasteiger charge is -2.27. The van der Waals surface area contributed by atoms with Gasteiger partial charge in [0.15, 0.2) is 0 Å². The highest BCUT2D eigenvalue weighted by Gasteiger charge is 2.15. The van der Waals surface area contributed by atoms with E-state index in [1.165, 1.54) is 12.0 Å². The number of hydrogen-bond donors (Lipinski definition) is 1. The second kappa shape index (κ2) is 3.96. The molecule has 3 heteroatoms. The molecule has 0 saturated carbocycles. The molecule has 2 heterocycles. The minimum Gasteiger partial charge on any atom is -0.326 e. The summed E-state index contributed by atoms with van der Waals surface area (Å²) >= 11 is 0. The predicted octanol–water partition coefficient (Wildman–Crippen LogP) is 1.14. The quantitative estimate of drug-likeness (QED) is 0.763. The van der Waals surface area contributed by atoms with E-state index in [-0.39, 0.29) is 5.56 Å². The van der Waals surface area contributed by atoms with E-state index in [0.717, 1.165) is 31.7 Å². The summed E-state index contributed by atoms with van der Waals surface area (Å²) < 4.78 is 0. The van der Waals surface area contributed by atoms with Crippen LogP contribution >= 0.6 is 0 Å². The van der Waals surface area contributed by atoms with Crippen LogP contribution in [0.2, 0.25) is 0 Å². The Balaban J connectivity index is 2.19. The van der Waals surface area contributed by atoms with E-state index in [4.69, 9.17) is 0 Å². The van der Waals surface area contributed by atoms with Crippen LogP contribution in [0.4, 0.5) is 0 Å². The van der Waals surface area contributed by atoms with Crippen molar-refractivity contribution in [3.05, 3.63) is 33.7 Å². The third kappa shape index (κ3) is 1.87. The van der Waals surface area contributed by atoms with Crippen molar-refractivity contribution in [3.63, 3.8) is 0 Å². The molecule has 1 aliphatic rings. The highest BCUT2D eigenvalue weighted by atomic mass is 16.1. The molecule has 1 aromatic rings. The molecule has 14 heavy (non-hydrogen) atoms. The van der Waals surface area contributed by atoms with Crippen molar-refractivity contribution in [2.45, 2.75) is 26.3 Å². The average Bonchev–Trinajstić information content (AvgIpc) is 2.19. The largest absolute Gasteiger partial charge is 0.326 e. The first-order chi connectivity index (χ1) is 6.79. The van der Waals surface area contributed by atoms with Crippen LogP contribution < -0.4 is 5.56 Å².